The Kier molecular flexibility index (Phi) is 7.13. The van der Waals surface area contributed by atoms with Crippen molar-refractivity contribution >= 4 is 17.6 Å². The predicted molar refractivity (Wildman–Crippen MR) is 109 cm³/mol. The Morgan fingerprint density at radius 2 is 2.06 bits per heavy atom. The van der Waals surface area contributed by atoms with Gasteiger partial charge in [-0.1, -0.05) is 6.42 Å². The largest absolute Gasteiger partial charge is 0.496 e. The van der Waals surface area contributed by atoms with E-state index < -0.39 is 11.6 Å². The number of hydrogen-bond donors (Lipinski definition) is 2. The number of nitrogens with zero attached hydrogens (tertiary/aromatic N) is 2. The summed E-state index contributed by atoms with van der Waals surface area (Å²) in [5, 5.41) is 14.1. The van der Waals surface area contributed by atoms with Crippen molar-refractivity contribution in [3.8, 4) is 22.9 Å². The molecule has 2 aromatic rings. The maximum atomic E-state index is 14.4. The predicted octanol–water partition coefficient (Wildman–Crippen LogP) is 3.56. The topological polar surface area (TPSA) is 104 Å². The number of methoxy groups -OCH3 is 1. The van der Waals surface area contributed by atoms with E-state index in [1.165, 1.54) is 25.3 Å². The van der Waals surface area contributed by atoms with Crippen LogP contribution in [0.5, 0.6) is 5.75 Å². The molecule has 1 aliphatic rings. The normalized spacial score (nSPS) is 18.0. The number of rotatable bonds is 6. The third-order valence-electron chi connectivity index (χ3n) is 5.21. The van der Waals surface area contributed by atoms with E-state index in [-0.39, 0.29) is 47.3 Å². The maximum absolute atomic E-state index is 14.4. The fourth-order valence-electron chi connectivity index (χ4n) is 3.74. The van der Waals surface area contributed by atoms with Gasteiger partial charge in [0.15, 0.2) is 0 Å². The number of ether oxygens (including phenoxy) is 1. The van der Waals surface area contributed by atoms with Crippen molar-refractivity contribution < 1.29 is 23.1 Å². The average Bonchev–Trinajstić information content (AvgIpc) is 2.75. The van der Waals surface area contributed by atoms with Crippen LogP contribution in [0.2, 0.25) is 0 Å². The maximum Gasteiger partial charge on any atom is 0.234 e. The molecule has 0 aliphatic heterocycles. The summed E-state index contributed by atoms with van der Waals surface area (Å²) in [5.41, 5.74) is 0.449. The summed E-state index contributed by atoms with van der Waals surface area (Å²) in [4.78, 5) is 28.3. The first-order valence-electron chi connectivity index (χ1n) is 9.88. The summed E-state index contributed by atoms with van der Waals surface area (Å²) in [6.45, 7) is 0. The van der Waals surface area contributed by atoms with Crippen LogP contribution in [-0.2, 0) is 9.59 Å². The molecule has 31 heavy (non-hydrogen) atoms. The van der Waals surface area contributed by atoms with Crippen molar-refractivity contribution in [2.75, 3.05) is 12.4 Å². The molecule has 1 fully saturated rings. The molecule has 0 saturated heterocycles. The molecule has 2 amide bonds. The molecule has 1 heterocycles. The molecule has 162 valence electrons. The number of hydrogen-bond acceptors (Lipinski definition) is 5. The molecule has 2 unspecified atom stereocenters. The molecule has 1 aromatic heterocycles. The van der Waals surface area contributed by atoms with Crippen molar-refractivity contribution in [1.29, 1.82) is 5.26 Å². The van der Waals surface area contributed by atoms with E-state index in [9.17, 15) is 18.4 Å². The number of carbonyl (C=O) groups excluding carboxylic acids is 2. The highest BCUT2D eigenvalue weighted by Crippen LogP contribution is 2.33. The lowest BCUT2D eigenvalue weighted by Crippen LogP contribution is -2.40. The molecule has 9 heteroatoms. The number of pyridine rings is 1. The van der Waals surface area contributed by atoms with Crippen molar-refractivity contribution in [2.45, 2.75) is 38.1 Å². The van der Waals surface area contributed by atoms with Gasteiger partial charge in [-0.2, -0.15) is 5.26 Å². The van der Waals surface area contributed by atoms with Gasteiger partial charge in [0.2, 0.25) is 11.8 Å². The smallest absolute Gasteiger partial charge is 0.234 e. The van der Waals surface area contributed by atoms with E-state index in [4.69, 9.17) is 10.00 Å². The lowest BCUT2D eigenvalue weighted by molar-refractivity contribution is -0.124. The van der Waals surface area contributed by atoms with E-state index >= 15 is 0 Å². The average molecular weight is 428 g/mol. The Hall–Kier alpha value is -3.54. The minimum Gasteiger partial charge on any atom is -0.496 e. The van der Waals surface area contributed by atoms with E-state index in [1.54, 1.807) is 6.07 Å². The number of anilines is 1. The Morgan fingerprint density at radius 3 is 2.81 bits per heavy atom. The number of nitriles is 1. The van der Waals surface area contributed by atoms with Crippen molar-refractivity contribution in [3.63, 3.8) is 0 Å². The van der Waals surface area contributed by atoms with E-state index in [0.717, 1.165) is 25.1 Å². The Morgan fingerprint density at radius 1 is 1.26 bits per heavy atom. The lowest BCUT2D eigenvalue weighted by Gasteiger charge is -2.28. The zero-order valence-corrected chi connectivity index (χ0v) is 17.0. The fourth-order valence-corrected chi connectivity index (χ4v) is 3.74. The van der Waals surface area contributed by atoms with Gasteiger partial charge < -0.3 is 15.4 Å². The Bertz CT molecular complexity index is 1020. The van der Waals surface area contributed by atoms with Crippen molar-refractivity contribution in [2.24, 2.45) is 5.92 Å². The second-order valence-corrected chi connectivity index (χ2v) is 7.35. The molecule has 1 aliphatic carbocycles. The van der Waals surface area contributed by atoms with Crippen LogP contribution in [-0.4, -0.2) is 29.9 Å². The van der Waals surface area contributed by atoms with E-state index in [2.05, 4.69) is 15.6 Å². The number of nitrogens with one attached hydrogen (secondary N) is 2. The summed E-state index contributed by atoms with van der Waals surface area (Å²) in [7, 11) is 1.36. The van der Waals surface area contributed by atoms with Crippen molar-refractivity contribution in [1.82, 2.24) is 10.3 Å². The molecule has 2 atom stereocenters. The molecule has 2 N–H and O–H groups in total. The number of carbonyl (C=O) groups is 2. The first-order valence-corrected chi connectivity index (χ1v) is 9.88. The van der Waals surface area contributed by atoms with Crippen LogP contribution < -0.4 is 15.4 Å². The van der Waals surface area contributed by atoms with Gasteiger partial charge in [0.25, 0.3) is 0 Å². The summed E-state index contributed by atoms with van der Waals surface area (Å²) in [6, 6.07) is 6.73. The van der Waals surface area contributed by atoms with Crippen LogP contribution >= 0.6 is 0 Å². The Labute approximate surface area is 178 Å². The SMILES string of the molecule is COc1cc(F)ccc1-c1cc(NC(=O)C2CCCC(NC(=O)CC#N)C2)ncc1F. The highest BCUT2D eigenvalue weighted by atomic mass is 19.1. The molecule has 1 saturated carbocycles. The minimum absolute atomic E-state index is 0.118. The van der Waals surface area contributed by atoms with Gasteiger partial charge in [0, 0.05) is 29.2 Å². The van der Waals surface area contributed by atoms with Crippen LogP contribution in [0.3, 0.4) is 0 Å². The summed E-state index contributed by atoms with van der Waals surface area (Å²) in [5.74, 6) is -1.83. The standard InChI is InChI=1S/C22H22F2N4O3/c1-31-19-10-14(23)5-6-16(19)17-11-20(26-12-18(17)24)28-22(30)13-3-2-4-15(9-13)27-21(29)7-8-25/h5-6,10-13,15H,2-4,7,9H2,1H3,(H,27,29)(H,26,28,30). The zero-order chi connectivity index (χ0) is 22.4. The van der Waals surface area contributed by atoms with Crippen LogP contribution in [0.15, 0.2) is 30.5 Å². The molecular formula is C22H22F2N4O3. The zero-order valence-electron chi connectivity index (χ0n) is 17.0. The molecule has 0 radical (unpaired) electrons. The quantitative estimate of drug-likeness (QED) is 0.732. The van der Waals surface area contributed by atoms with Gasteiger partial charge in [-0.25, -0.2) is 13.8 Å². The van der Waals surface area contributed by atoms with Crippen LogP contribution in [0, 0.1) is 28.9 Å². The molecule has 0 bridgehead atoms. The number of aromatic nitrogens is 1. The van der Waals surface area contributed by atoms with Gasteiger partial charge in [0.1, 0.15) is 29.6 Å². The van der Waals surface area contributed by atoms with Crippen LogP contribution in [0.1, 0.15) is 32.1 Å². The number of amides is 2. The van der Waals surface area contributed by atoms with Gasteiger partial charge in [-0.3, -0.25) is 9.59 Å². The second kappa shape index (κ2) is 9.98. The third-order valence-corrected chi connectivity index (χ3v) is 5.21. The highest BCUT2D eigenvalue weighted by Gasteiger charge is 2.28. The summed E-state index contributed by atoms with van der Waals surface area (Å²) >= 11 is 0. The number of halogens is 2. The second-order valence-electron chi connectivity index (χ2n) is 7.35. The Balaban J connectivity index is 1.73. The molecular weight excluding hydrogens is 406 g/mol. The fraction of sp³-hybridized carbons (Fsp3) is 0.364. The molecule has 7 nitrogen and oxygen atoms in total. The molecule has 3 rings (SSSR count). The summed E-state index contributed by atoms with van der Waals surface area (Å²) < 4.78 is 33.0. The van der Waals surface area contributed by atoms with E-state index in [1.807, 2.05) is 0 Å². The highest BCUT2D eigenvalue weighted by molar-refractivity contribution is 5.92. The molecule has 0 spiro atoms. The first-order chi connectivity index (χ1) is 14.9. The lowest BCUT2D eigenvalue weighted by atomic mass is 9.85. The van der Waals surface area contributed by atoms with Crippen LogP contribution in [0.4, 0.5) is 14.6 Å². The van der Waals surface area contributed by atoms with Crippen LogP contribution in [0.25, 0.3) is 11.1 Å². The van der Waals surface area contributed by atoms with Crippen molar-refractivity contribution in [3.05, 3.63) is 42.1 Å². The first kappa shape index (κ1) is 22.2. The minimum atomic E-state index is -0.638. The van der Waals surface area contributed by atoms with Gasteiger partial charge in [0.05, 0.1) is 19.4 Å². The van der Waals surface area contributed by atoms with Gasteiger partial charge in [-0.05, 0) is 37.5 Å². The monoisotopic (exact) mass is 428 g/mol. The van der Waals surface area contributed by atoms with Gasteiger partial charge >= 0.3 is 0 Å². The van der Waals surface area contributed by atoms with Gasteiger partial charge in [-0.15, -0.1) is 0 Å². The third kappa shape index (κ3) is 5.54. The summed E-state index contributed by atoms with van der Waals surface area (Å²) in [6.07, 6.45) is 3.36. The number of benzene rings is 1. The van der Waals surface area contributed by atoms with E-state index in [0.29, 0.717) is 18.4 Å². The molecule has 1 aromatic carbocycles.